The molecule has 0 aliphatic rings. The van der Waals surface area contributed by atoms with Gasteiger partial charge in [0.25, 0.3) is 0 Å². The molecule has 1 aromatic carbocycles. The first-order valence-electron chi connectivity index (χ1n) is 9.77. The van der Waals surface area contributed by atoms with Gasteiger partial charge in [0.15, 0.2) is 0 Å². The second-order valence-corrected chi connectivity index (χ2v) is 6.80. The first kappa shape index (κ1) is 22.7. The number of carboxylic acid groups (broad SMARTS) is 1. The van der Waals surface area contributed by atoms with E-state index >= 15 is 0 Å². The van der Waals surface area contributed by atoms with E-state index in [2.05, 4.69) is 13.5 Å². The summed E-state index contributed by atoms with van der Waals surface area (Å²) in [5, 5.41) is 9.17. The molecule has 1 atom stereocenters. The molecule has 0 aromatic heterocycles. The first-order chi connectivity index (χ1) is 13.0. The van der Waals surface area contributed by atoms with Crippen molar-refractivity contribution >= 4 is 11.9 Å². The quantitative estimate of drug-likeness (QED) is 0.268. The minimum Gasteiger partial charge on any atom is -0.493 e. The highest BCUT2D eigenvalue weighted by Gasteiger charge is 2.15. The van der Waals surface area contributed by atoms with Crippen molar-refractivity contribution in [2.45, 2.75) is 71.3 Å². The van der Waals surface area contributed by atoms with Gasteiger partial charge in [-0.3, -0.25) is 0 Å². The Labute approximate surface area is 162 Å². The van der Waals surface area contributed by atoms with Gasteiger partial charge in [0.2, 0.25) is 0 Å². The molecule has 0 saturated carbocycles. The number of hydrogen-bond acceptors (Lipinski definition) is 4. The third kappa shape index (κ3) is 9.27. The number of aromatic carboxylic acids is 1. The number of para-hydroxylation sites is 1. The van der Waals surface area contributed by atoms with Crippen molar-refractivity contribution in [3.63, 3.8) is 0 Å². The first-order valence-corrected chi connectivity index (χ1v) is 9.77. The van der Waals surface area contributed by atoms with Gasteiger partial charge in [-0.05, 0) is 44.7 Å². The van der Waals surface area contributed by atoms with Gasteiger partial charge in [-0.15, -0.1) is 0 Å². The molecule has 0 bridgehead atoms. The number of benzene rings is 1. The molecule has 5 nitrogen and oxygen atoms in total. The Balaban J connectivity index is 2.46. The number of carboxylic acids is 1. The van der Waals surface area contributed by atoms with Crippen molar-refractivity contribution < 1.29 is 24.2 Å². The molecule has 0 spiro atoms. The van der Waals surface area contributed by atoms with E-state index in [1.165, 1.54) is 25.3 Å². The fourth-order valence-corrected chi connectivity index (χ4v) is 2.75. The summed E-state index contributed by atoms with van der Waals surface area (Å²) < 4.78 is 11.2. The Morgan fingerprint density at radius 1 is 1.07 bits per heavy atom. The zero-order valence-corrected chi connectivity index (χ0v) is 16.5. The molecule has 1 N–H and O–H groups in total. The summed E-state index contributed by atoms with van der Waals surface area (Å²) >= 11 is 0. The Morgan fingerprint density at radius 2 is 1.74 bits per heavy atom. The zero-order chi connectivity index (χ0) is 20.1. The fourth-order valence-electron chi connectivity index (χ4n) is 2.75. The summed E-state index contributed by atoms with van der Waals surface area (Å²) in [4.78, 5) is 23.0. The lowest BCUT2D eigenvalue weighted by atomic mass is 10.0. The molecule has 0 amide bonds. The van der Waals surface area contributed by atoms with Crippen LogP contribution in [0, 0.1) is 0 Å². The predicted octanol–water partition coefficient (Wildman–Crippen LogP) is 5.39. The average Bonchev–Trinajstić information content (AvgIpc) is 2.64. The molecule has 1 aromatic rings. The summed E-state index contributed by atoms with van der Waals surface area (Å²) in [7, 11) is 0. The van der Waals surface area contributed by atoms with Crippen LogP contribution >= 0.6 is 0 Å². The van der Waals surface area contributed by atoms with Gasteiger partial charge < -0.3 is 14.6 Å². The standard InChI is InChI=1S/C22H32O5/c1-4-5-6-7-8-12-18(27-22(25)17(2)3)13-11-16-26-20-15-10-9-14-19(20)21(23)24/h9-10,14-15,18H,2,4-8,11-13,16H2,1,3H3,(H,23,24). The number of ether oxygens (including phenoxy) is 2. The molecule has 0 radical (unpaired) electrons. The van der Waals surface area contributed by atoms with E-state index in [0.29, 0.717) is 30.8 Å². The van der Waals surface area contributed by atoms with E-state index in [9.17, 15) is 14.7 Å². The van der Waals surface area contributed by atoms with Crippen LogP contribution in [0.15, 0.2) is 36.4 Å². The van der Waals surface area contributed by atoms with Gasteiger partial charge in [0.05, 0.1) is 6.61 Å². The fraction of sp³-hybridized carbons (Fsp3) is 0.545. The third-order valence-electron chi connectivity index (χ3n) is 4.30. The highest BCUT2D eigenvalue weighted by Crippen LogP contribution is 2.19. The minimum atomic E-state index is -1.01. The van der Waals surface area contributed by atoms with Crippen LogP contribution < -0.4 is 4.74 Å². The summed E-state index contributed by atoms with van der Waals surface area (Å²) in [6.45, 7) is 7.84. The van der Waals surface area contributed by atoms with Gasteiger partial charge in [-0.25, -0.2) is 9.59 Å². The lowest BCUT2D eigenvalue weighted by molar-refractivity contribution is -0.145. The molecule has 0 aliphatic heterocycles. The summed E-state index contributed by atoms with van der Waals surface area (Å²) in [5.74, 6) is -1.00. The van der Waals surface area contributed by atoms with Crippen LogP contribution in [0.2, 0.25) is 0 Å². The Morgan fingerprint density at radius 3 is 2.41 bits per heavy atom. The molecular weight excluding hydrogens is 344 g/mol. The van der Waals surface area contributed by atoms with Crippen molar-refractivity contribution in [2.24, 2.45) is 0 Å². The predicted molar refractivity (Wildman–Crippen MR) is 106 cm³/mol. The van der Waals surface area contributed by atoms with Crippen LogP contribution in [-0.4, -0.2) is 29.8 Å². The third-order valence-corrected chi connectivity index (χ3v) is 4.30. The molecule has 5 heteroatoms. The van der Waals surface area contributed by atoms with Gasteiger partial charge in [-0.2, -0.15) is 0 Å². The SMILES string of the molecule is C=C(C)C(=O)OC(CCCCCCC)CCCOc1ccccc1C(=O)O. The molecule has 27 heavy (non-hydrogen) atoms. The maximum atomic E-state index is 11.8. The molecule has 1 rings (SSSR count). The second kappa shape index (κ2) is 13.0. The van der Waals surface area contributed by atoms with Gasteiger partial charge in [0, 0.05) is 5.57 Å². The van der Waals surface area contributed by atoms with Gasteiger partial charge in [0.1, 0.15) is 17.4 Å². The van der Waals surface area contributed by atoms with Crippen LogP contribution in [0.1, 0.15) is 75.6 Å². The van der Waals surface area contributed by atoms with E-state index in [1.807, 2.05) is 0 Å². The van der Waals surface area contributed by atoms with Crippen LogP contribution in [0.3, 0.4) is 0 Å². The molecule has 0 aliphatic carbocycles. The maximum absolute atomic E-state index is 11.8. The number of rotatable bonds is 14. The largest absolute Gasteiger partial charge is 0.493 e. The minimum absolute atomic E-state index is 0.152. The van der Waals surface area contributed by atoms with Gasteiger partial charge in [-0.1, -0.05) is 51.3 Å². The van der Waals surface area contributed by atoms with Crippen LogP contribution in [0.25, 0.3) is 0 Å². The van der Waals surface area contributed by atoms with E-state index in [0.717, 1.165) is 19.3 Å². The van der Waals surface area contributed by atoms with Crippen molar-refractivity contribution in [3.05, 3.63) is 42.0 Å². The molecule has 150 valence electrons. The Kier molecular flexibility index (Phi) is 10.9. The lowest BCUT2D eigenvalue weighted by Crippen LogP contribution is -2.19. The average molecular weight is 376 g/mol. The van der Waals surface area contributed by atoms with Gasteiger partial charge >= 0.3 is 11.9 Å². The van der Waals surface area contributed by atoms with Crippen LogP contribution in [0.4, 0.5) is 0 Å². The van der Waals surface area contributed by atoms with E-state index in [-0.39, 0.29) is 17.6 Å². The van der Waals surface area contributed by atoms with E-state index in [4.69, 9.17) is 9.47 Å². The van der Waals surface area contributed by atoms with Crippen LogP contribution in [0.5, 0.6) is 5.75 Å². The number of carbonyl (C=O) groups excluding carboxylic acids is 1. The zero-order valence-electron chi connectivity index (χ0n) is 16.5. The number of hydrogen-bond donors (Lipinski definition) is 1. The van der Waals surface area contributed by atoms with Crippen molar-refractivity contribution in [1.82, 2.24) is 0 Å². The summed E-state index contributed by atoms with van der Waals surface area (Å²) in [6.07, 6.45) is 7.82. The molecule has 1 unspecified atom stereocenters. The molecular formula is C22H32O5. The summed E-state index contributed by atoms with van der Waals surface area (Å²) in [6, 6.07) is 6.58. The van der Waals surface area contributed by atoms with Crippen LogP contribution in [-0.2, 0) is 9.53 Å². The van der Waals surface area contributed by atoms with Crippen molar-refractivity contribution in [3.8, 4) is 5.75 Å². The Bertz CT molecular complexity index is 608. The number of unbranched alkanes of at least 4 members (excludes halogenated alkanes) is 4. The Hall–Kier alpha value is -2.30. The lowest BCUT2D eigenvalue weighted by Gasteiger charge is -2.18. The van der Waals surface area contributed by atoms with E-state index in [1.54, 1.807) is 25.1 Å². The number of carbonyl (C=O) groups is 2. The monoisotopic (exact) mass is 376 g/mol. The van der Waals surface area contributed by atoms with Crippen molar-refractivity contribution in [1.29, 1.82) is 0 Å². The molecule has 0 saturated heterocycles. The summed E-state index contributed by atoms with van der Waals surface area (Å²) in [5.41, 5.74) is 0.552. The van der Waals surface area contributed by atoms with Crippen molar-refractivity contribution in [2.75, 3.05) is 6.61 Å². The number of esters is 1. The van der Waals surface area contributed by atoms with E-state index < -0.39 is 5.97 Å². The topological polar surface area (TPSA) is 72.8 Å². The maximum Gasteiger partial charge on any atom is 0.339 e. The molecule has 0 fully saturated rings. The highest BCUT2D eigenvalue weighted by atomic mass is 16.5. The molecule has 0 heterocycles. The second-order valence-electron chi connectivity index (χ2n) is 6.80. The smallest absolute Gasteiger partial charge is 0.339 e. The highest BCUT2D eigenvalue weighted by molar-refractivity contribution is 5.90. The normalized spacial score (nSPS) is 11.6.